The third-order valence-electron chi connectivity index (χ3n) is 3.23. The van der Waals surface area contributed by atoms with Crippen LogP contribution < -0.4 is 4.72 Å². The molecule has 4 nitrogen and oxygen atoms in total. The van der Waals surface area contributed by atoms with Gasteiger partial charge in [0.25, 0.3) is 0 Å². The van der Waals surface area contributed by atoms with E-state index in [1.54, 1.807) is 0 Å². The van der Waals surface area contributed by atoms with Crippen molar-refractivity contribution in [2.45, 2.75) is 19.4 Å². The highest BCUT2D eigenvalue weighted by Crippen LogP contribution is 2.23. The summed E-state index contributed by atoms with van der Waals surface area (Å²) >= 11 is -0.330. The fourth-order valence-electron chi connectivity index (χ4n) is 2.27. The summed E-state index contributed by atoms with van der Waals surface area (Å²) in [7, 11) is 0. The number of fused-ring (bicyclic) bond motifs is 1. The van der Waals surface area contributed by atoms with Crippen molar-refractivity contribution < 1.29 is 22.9 Å². The number of alkyl halides is 2. The lowest BCUT2D eigenvalue weighted by molar-refractivity contribution is -0.173. The summed E-state index contributed by atoms with van der Waals surface area (Å²) in [5, 5.41) is 2.09. The molecule has 2 N–H and O–H groups in total. The van der Waals surface area contributed by atoms with Gasteiger partial charge in [0.05, 0.1) is 18.8 Å². The van der Waals surface area contributed by atoms with Crippen LogP contribution in [-0.4, -0.2) is 23.2 Å². The maximum Gasteiger partial charge on any atom is 0.409 e. The van der Waals surface area contributed by atoms with Crippen LogP contribution in [0.5, 0.6) is 0 Å². The molecule has 118 valence electrons. The Hall–Kier alpha value is -1.70. The van der Waals surface area contributed by atoms with Crippen LogP contribution in [0, 0.1) is 6.92 Å². The molecule has 0 saturated heterocycles. The molecule has 0 amide bonds. The molecule has 0 saturated carbocycles. The number of hydrogen-bond donors (Lipinski definition) is 2. The van der Waals surface area contributed by atoms with E-state index in [1.165, 1.54) is 4.72 Å². The monoisotopic (exact) mass is 327 g/mol. The predicted octanol–water partition coefficient (Wildman–Crippen LogP) is 3.54. The number of halogens is 2. The van der Waals surface area contributed by atoms with Gasteiger partial charge in [-0.05, 0) is 28.8 Å². The lowest BCUT2D eigenvalue weighted by atomic mass is 9.98. The predicted molar refractivity (Wildman–Crippen MR) is 81.7 cm³/mol. The number of hydrogen-bond acceptors (Lipinski definition) is 5. The maximum absolute atomic E-state index is 13.1. The van der Waals surface area contributed by atoms with Gasteiger partial charge in [-0.2, -0.15) is 13.5 Å². The van der Waals surface area contributed by atoms with Crippen LogP contribution in [0.1, 0.15) is 11.1 Å². The van der Waals surface area contributed by atoms with Crippen LogP contribution in [0.3, 0.4) is 0 Å². The molecule has 2 aromatic rings. The molecule has 0 heterocycles. The molecule has 0 atom stereocenters. The van der Waals surface area contributed by atoms with Crippen LogP contribution in [-0.2, 0) is 16.0 Å². The van der Waals surface area contributed by atoms with Gasteiger partial charge >= 0.3 is 12.0 Å². The van der Waals surface area contributed by atoms with Gasteiger partial charge in [-0.15, -0.1) is 0 Å². The minimum atomic E-state index is -3.92. The Morgan fingerprint density at radius 1 is 1.32 bits per heavy atom. The second-order valence-corrected chi connectivity index (χ2v) is 5.13. The minimum Gasteiger partial charge on any atom is -0.460 e. The standard InChI is InChI=1S/C15H15F2NO3S/c1-10-4-2-5-11-6-3-7-12(13(10)11)8-9-21-14(19)15(16,17)18-22-20/h2-7,18,20H,8-9H2,1H3. The lowest BCUT2D eigenvalue weighted by Gasteiger charge is -2.14. The summed E-state index contributed by atoms with van der Waals surface area (Å²) in [6.45, 7) is 1.80. The first kappa shape index (κ1) is 16.7. The Morgan fingerprint density at radius 3 is 2.68 bits per heavy atom. The Balaban J connectivity index is 2.06. The number of ether oxygens (including phenoxy) is 1. The first-order valence-corrected chi connectivity index (χ1v) is 7.33. The van der Waals surface area contributed by atoms with Gasteiger partial charge in [0.1, 0.15) is 0 Å². The zero-order valence-electron chi connectivity index (χ0n) is 11.8. The summed E-state index contributed by atoms with van der Waals surface area (Å²) in [5.74, 6) is -1.72. The maximum atomic E-state index is 13.1. The summed E-state index contributed by atoms with van der Waals surface area (Å²) in [6.07, 6.45) is 0.330. The molecule has 0 aliphatic rings. The van der Waals surface area contributed by atoms with Crippen LogP contribution >= 0.6 is 12.2 Å². The molecule has 0 aliphatic heterocycles. The highest BCUT2D eigenvalue weighted by molar-refractivity contribution is 7.91. The van der Waals surface area contributed by atoms with E-state index in [-0.39, 0.29) is 18.8 Å². The number of nitrogens with one attached hydrogen (secondary N) is 1. The fourth-order valence-corrected chi connectivity index (χ4v) is 2.47. The van der Waals surface area contributed by atoms with E-state index >= 15 is 0 Å². The molecule has 0 spiro atoms. The van der Waals surface area contributed by atoms with Crippen molar-refractivity contribution in [3.05, 3.63) is 47.5 Å². The van der Waals surface area contributed by atoms with Gasteiger partial charge in [-0.1, -0.05) is 36.4 Å². The van der Waals surface area contributed by atoms with E-state index in [0.29, 0.717) is 6.42 Å². The smallest absolute Gasteiger partial charge is 0.409 e. The lowest BCUT2D eigenvalue weighted by Crippen LogP contribution is -2.41. The highest BCUT2D eigenvalue weighted by Gasteiger charge is 2.40. The Morgan fingerprint density at radius 2 is 2.00 bits per heavy atom. The zero-order valence-corrected chi connectivity index (χ0v) is 12.6. The van der Waals surface area contributed by atoms with E-state index in [9.17, 15) is 13.6 Å². The van der Waals surface area contributed by atoms with Gasteiger partial charge in [-0.3, -0.25) is 0 Å². The molecular weight excluding hydrogens is 312 g/mol. The molecule has 0 bridgehead atoms. The van der Waals surface area contributed by atoms with Crippen molar-refractivity contribution in [3.63, 3.8) is 0 Å². The molecule has 2 rings (SSSR count). The van der Waals surface area contributed by atoms with Crippen molar-refractivity contribution in [1.29, 1.82) is 0 Å². The Labute approximate surface area is 130 Å². The van der Waals surface area contributed by atoms with Crippen molar-refractivity contribution in [1.82, 2.24) is 4.72 Å². The van der Waals surface area contributed by atoms with Gasteiger partial charge in [0, 0.05) is 6.42 Å². The summed E-state index contributed by atoms with van der Waals surface area (Å²) in [6, 6.07) is 7.67. The van der Waals surface area contributed by atoms with Gasteiger partial charge in [0.15, 0.2) is 0 Å². The zero-order chi connectivity index (χ0) is 16.2. The molecule has 0 fully saturated rings. The number of rotatable bonds is 6. The molecule has 0 unspecified atom stereocenters. The van der Waals surface area contributed by atoms with E-state index < -0.39 is 12.0 Å². The summed E-state index contributed by atoms with van der Waals surface area (Å²) < 4.78 is 40.4. The van der Waals surface area contributed by atoms with Gasteiger partial charge < -0.3 is 9.29 Å². The Kier molecular flexibility index (Phi) is 5.33. The van der Waals surface area contributed by atoms with Crippen molar-refractivity contribution >= 4 is 29.0 Å². The molecule has 2 aromatic carbocycles. The van der Waals surface area contributed by atoms with Crippen LogP contribution in [0.15, 0.2) is 36.4 Å². The van der Waals surface area contributed by atoms with Gasteiger partial charge in [-0.25, -0.2) is 4.79 Å². The minimum absolute atomic E-state index is 0.167. The summed E-state index contributed by atoms with van der Waals surface area (Å²) in [4.78, 5) is 11.2. The molecule has 0 aliphatic carbocycles. The second-order valence-electron chi connectivity index (χ2n) is 4.74. The van der Waals surface area contributed by atoms with Crippen LogP contribution in [0.2, 0.25) is 0 Å². The van der Waals surface area contributed by atoms with Crippen LogP contribution in [0.25, 0.3) is 10.8 Å². The Bertz CT molecular complexity index is 674. The highest BCUT2D eigenvalue weighted by atomic mass is 32.2. The third kappa shape index (κ3) is 3.73. The number of carbonyl (C=O) groups excluding carboxylic acids is 1. The van der Waals surface area contributed by atoms with E-state index in [4.69, 9.17) is 4.55 Å². The fraction of sp³-hybridized carbons (Fsp3) is 0.267. The molecule has 7 heteroatoms. The van der Waals surface area contributed by atoms with Gasteiger partial charge in [0.2, 0.25) is 0 Å². The van der Waals surface area contributed by atoms with Crippen LogP contribution in [0.4, 0.5) is 8.78 Å². The number of esters is 1. The van der Waals surface area contributed by atoms with E-state index in [2.05, 4.69) is 4.74 Å². The number of aryl methyl sites for hydroxylation is 1. The van der Waals surface area contributed by atoms with Crippen molar-refractivity contribution in [3.8, 4) is 0 Å². The largest absolute Gasteiger partial charge is 0.460 e. The van der Waals surface area contributed by atoms with E-state index in [0.717, 1.165) is 21.9 Å². The second kappa shape index (κ2) is 7.04. The SMILES string of the molecule is Cc1cccc2cccc(CCOC(=O)C(F)(F)NSO)c12. The third-order valence-corrected chi connectivity index (χ3v) is 3.58. The van der Waals surface area contributed by atoms with Crippen molar-refractivity contribution in [2.24, 2.45) is 0 Å². The number of carbonyl (C=O) groups is 1. The molecule has 0 aromatic heterocycles. The summed E-state index contributed by atoms with van der Waals surface area (Å²) in [5.41, 5.74) is 2.00. The first-order chi connectivity index (χ1) is 10.5. The van der Waals surface area contributed by atoms with E-state index in [1.807, 2.05) is 43.3 Å². The number of benzene rings is 2. The quantitative estimate of drug-likeness (QED) is 0.368. The normalized spacial score (nSPS) is 11.6. The molecule has 22 heavy (non-hydrogen) atoms. The topological polar surface area (TPSA) is 58.6 Å². The average Bonchev–Trinajstić information content (AvgIpc) is 2.47. The molecule has 0 radical (unpaired) electrons. The average molecular weight is 327 g/mol. The van der Waals surface area contributed by atoms with Crippen molar-refractivity contribution in [2.75, 3.05) is 6.61 Å². The molecular formula is C15H15F2NO3S. The first-order valence-electron chi connectivity index (χ1n) is 6.55.